The van der Waals surface area contributed by atoms with Crippen molar-refractivity contribution in [3.63, 3.8) is 0 Å². The minimum absolute atomic E-state index is 0.0742. The molecular formula is C19H19F3N6O. The summed E-state index contributed by atoms with van der Waals surface area (Å²) in [5, 5.41) is 3.94. The lowest BCUT2D eigenvalue weighted by Crippen LogP contribution is -2.47. The van der Waals surface area contributed by atoms with Gasteiger partial charge in [-0.3, -0.25) is 9.78 Å². The number of carbonyl (C=O) groups is 1. The number of nitrogens with zero attached hydrogens (tertiary/aromatic N) is 6. The molecule has 1 amide bonds. The molecule has 1 aliphatic rings. The van der Waals surface area contributed by atoms with Crippen LogP contribution in [-0.4, -0.2) is 48.5 Å². The van der Waals surface area contributed by atoms with Gasteiger partial charge in [0, 0.05) is 23.5 Å². The highest BCUT2D eigenvalue weighted by Crippen LogP contribution is 2.37. The Bertz CT molecular complexity index is 1060. The van der Waals surface area contributed by atoms with Gasteiger partial charge in [0.1, 0.15) is 12.0 Å². The molecule has 4 heterocycles. The highest BCUT2D eigenvalue weighted by molar-refractivity contribution is 5.94. The molecular weight excluding hydrogens is 385 g/mol. The second-order valence-corrected chi connectivity index (χ2v) is 7.27. The molecule has 3 aromatic heterocycles. The molecule has 4 rings (SSSR count). The Labute approximate surface area is 164 Å². The number of piperidine rings is 1. The number of pyridine rings is 1. The molecule has 0 saturated carbocycles. The van der Waals surface area contributed by atoms with E-state index in [2.05, 4.69) is 20.1 Å². The van der Waals surface area contributed by atoms with Gasteiger partial charge >= 0.3 is 0 Å². The molecule has 1 saturated heterocycles. The summed E-state index contributed by atoms with van der Waals surface area (Å²) >= 11 is 0. The first kappa shape index (κ1) is 19.3. The molecule has 152 valence electrons. The van der Waals surface area contributed by atoms with E-state index in [4.69, 9.17) is 0 Å². The van der Waals surface area contributed by atoms with Gasteiger partial charge in [-0.2, -0.15) is 14.6 Å². The molecule has 0 unspecified atom stereocenters. The maximum Gasteiger partial charge on any atom is 0.280 e. The predicted molar refractivity (Wildman–Crippen MR) is 97.4 cm³/mol. The number of alkyl halides is 3. The van der Waals surface area contributed by atoms with Crippen molar-refractivity contribution in [3.8, 4) is 0 Å². The summed E-state index contributed by atoms with van der Waals surface area (Å²) in [5.41, 5.74) is -0.887. The van der Waals surface area contributed by atoms with E-state index >= 15 is 4.39 Å². The van der Waals surface area contributed by atoms with Crippen LogP contribution in [-0.2, 0) is 5.67 Å². The minimum atomic E-state index is -2.87. The fourth-order valence-electron chi connectivity index (χ4n) is 3.80. The van der Waals surface area contributed by atoms with E-state index in [1.54, 1.807) is 26.0 Å². The summed E-state index contributed by atoms with van der Waals surface area (Å²) in [5.74, 6) is -0.419. The number of carbonyl (C=O) groups excluding carboxylic acids is 1. The van der Waals surface area contributed by atoms with Crippen LogP contribution in [0.25, 0.3) is 5.78 Å². The zero-order chi connectivity index (χ0) is 20.8. The highest BCUT2D eigenvalue weighted by atomic mass is 19.3. The molecule has 0 spiro atoms. The Morgan fingerprint density at radius 2 is 1.90 bits per heavy atom. The van der Waals surface area contributed by atoms with Crippen molar-refractivity contribution in [2.75, 3.05) is 13.1 Å². The van der Waals surface area contributed by atoms with E-state index < -0.39 is 17.8 Å². The van der Waals surface area contributed by atoms with Gasteiger partial charge in [0.05, 0.1) is 12.2 Å². The third-order valence-corrected chi connectivity index (χ3v) is 5.01. The van der Waals surface area contributed by atoms with Gasteiger partial charge < -0.3 is 4.90 Å². The molecule has 7 nitrogen and oxygen atoms in total. The summed E-state index contributed by atoms with van der Waals surface area (Å²) in [4.78, 5) is 26.2. The molecule has 29 heavy (non-hydrogen) atoms. The predicted octanol–water partition coefficient (Wildman–Crippen LogP) is 3.17. The van der Waals surface area contributed by atoms with Crippen LogP contribution in [0.2, 0.25) is 0 Å². The molecule has 0 aliphatic carbocycles. The van der Waals surface area contributed by atoms with Crippen molar-refractivity contribution in [3.05, 3.63) is 52.9 Å². The summed E-state index contributed by atoms with van der Waals surface area (Å²) in [6, 6.07) is 4.32. The molecule has 0 N–H and O–H groups in total. The standard InChI is InChI=1S/C19H19F3N6O/c1-11-6-13(7-12(2)25-11)17(29)27-5-3-4-19(22,9-27)15-8-14(16(20)21)26-18-23-10-24-28(15)18/h6-8,10,16H,3-5,9H2,1-2H3/t19-/m1/s1. The van der Waals surface area contributed by atoms with Crippen LogP contribution >= 0.6 is 0 Å². The first-order chi connectivity index (χ1) is 13.8. The quantitative estimate of drug-likeness (QED) is 0.670. The molecule has 10 heteroatoms. The highest BCUT2D eigenvalue weighted by Gasteiger charge is 2.42. The summed E-state index contributed by atoms with van der Waals surface area (Å²) < 4.78 is 43.7. The van der Waals surface area contributed by atoms with Gasteiger partial charge in [0.25, 0.3) is 18.1 Å². The molecule has 1 atom stereocenters. The Kier molecular flexibility index (Phi) is 4.71. The third kappa shape index (κ3) is 3.54. The summed E-state index contributed by atoms with van der Waals surface area (Å²) in [6.07, 6.45) is -1.28. The number of aromatic nitrogens is 5. The molecule has 3 aromatic rings. The van der Waals surface area contributed by atoms with Crippen molar-refractivity contribution in [2.24, 2.45) is 0 Å². The second-order valence-electron chi connectivity index (χ2n) is 7.27. The largest absolute Gasteiger partial charge is 0.335 e. The van der Waals surface area contributed by atoms with Crippen LogP contribution in [0.15, 0.2) is 24.5 Å². The van der Waals surface area contributed by atoms with E-state index in [1.165, 1.54) is 4.90 Å². The number of rotatable bonds is 3. The lowest BCUT2D eigenvalue weighted by Gasteiger charge is -2.37. The van der Waals surface area contributed by atoms with Crippen molar-refractivity contribution in [1.82, 2.24) is 29.5 Å². The van der Waals surface area contributed by atoms with Gasteiger partial charge in [-0.15, -0.1) is 0 Å². The van der Waals surface area contributed by atoms with E-state index in [9.17, 15) is 13.6 Å². The van der Waals surface area contributed by atoms with Gasteiger partial charge in [-0.25, -0.2) is 18.2 Å². The Hall–Kier alpha value is -3.04. The Morgan fingerprint density at radius 1 is 1.17 bits per heavy atom. The Morgan fingerprint density at radius 3 is 2.59 bits per heavy atom. The van der Waals surface area contributed by atoms with Crippen molar-refractivity contribution < 1.29 is 18.0 Å². The second kappa shape index (κ2) is 7.09. The lowest BCUT2D eigenvalue weighted by molar-refractivity contribution is 0.0290. The number of aryl methyl sites for hydroxylation is 2. The van der Waals surface area contributed by atoms with Crippen LogP contribution in [0, 0.1) is 13.8 Å². The fraction of sp³-hybridized carbons (Fsp3) is 0.421. The van der Waals surface area contributed by atoms with E-state index in [1.807, 2.05) is 0 Å². The average molecular weight is 404 g/mol. The third-order valence-electron chi connectivity index (χ3n) is 5.01. The zero-order valence-corrected chi connectivity index (χ0v) is 15.9. The first-order valence-electron chi connectivity index (χ1n) is 9.20. The maximum atomic E-state index is 16.1. The number of halogens is 3. The van der Waals surface area contributed by atoms with Gasteiger partial charge in [0.15, 0.2) is 5.67 Å². The summed E-state index contributed by atoms with van der Waals surface area (Å²) in [7, 11) is 0. The SMILES string of the molecule is Cc1cc(C(=O)N2CCC[C@](F)(c3cc(C(F)F)nc4ncnn34)C2)cc(C)n1. The van der Waals surface area contributed by atoms with E-state index in [-0.39, 0.29) is 30.3 Å². The Balaban J connectivity index is 1.71. The number of hydrogen-bond donors (Lipinski definition) is 0. The molecule has 0 radical (unpaired) electrons. The lowest BCUT2D eigenvalue weighted by atomic mass is 9.90. The van der Waals surface area contributed by atoms with Crippen molar-refractivity contribution >= 4 is 11.7 Å². The van der Waals surface area contributed by atoms with Crippen LogP contribution < -0.4 is 0 Å². The van der Waals surface area contributed by atoms with Gasteiger partial charge in [-0.05, 0) is 44.9 Å². The number of hydrogen-bond acceptors (Lipinski definition) is 5. The number of likely N-dealkylation sites (tertiary alicyclic amines) is 1. The zero-order valence-electron chi connectivity index (χ0n) is 15.9. The fourth-order valence-corrected chi connectivity index (χ4v) is 3.80. The maximum absolute atomic E-state index is 16.1. The van der Waals surface area contributed by atoms with Crippen LogP contribution in [0.3, 0.4) is 0 Å². The number of amides is 1. The van der Waals surface area contributed by atoms with Gasteiger partial charge in [0.2, 0.25) is 0 Å². The van der Waals surface area contributed by atoms with E-state index in [0.29, 0.717) is 29.9 Å². The molecule has 0 aromatic carbocycles. The van der Waals surface area contributed by atoms with Crippen LogP contribution in [0.1, 0.15) is 52.4 Å². The monoisotopic (exact) mass is 404 g/mol. The van der Waals surface area contributed by atoms with Crippen molar-refractivity contribution in [2.45, 2.75) is 38.8 Å². The number of fused-ring (bicyclic) bond motifs is 1. The molecule has 1 fully saturated rings. The van der Waals surface area contributed by atoms with E-state index in [0.717, 1.165) is 16.9 Å². The molecule has 0 bridgehead atoms. The smallest absolute Gasteiger partial charge is 0.280 e. The molecule has 1 aliphatic heterocycles. The minimum Gasteiger partial charge on any atom is -0.335 e. The normalized spacial score (nSPS) is 19.9. The topological polar surface area (TPSA) is 76.3 Å². The average Bonchev–Trinajstić information content (AvgIpc) is 3.14. The summed E-state index contributed by atoms with van der Waals surface area (Å²) in [6.45, 7) is 3.67. The van der Waals surface area contributed by atoms with Gasteiger partial charge in [-0.1, -0.05) is 0 Å². The first-order valence-corrected chi connectivity index (χ1v) is 9.20. The van der Waals surface area contributed by atoms with Crippen LogP contribution in [0.5, 0.6) is 0 Å². The van der Waals surface area contributed by atoms with Crippen LogP contribution in [0.4, 0.5) is 13.2 Å². The van der Waals surface area contributed by atoms with Crippen molar-refractivity contribution in [1.29, 1.82) is 0 Å².